The standard InChI is InChI=1S/C9H12N2O2S/c1-7(6-14)5-11-9(12)4-3-8(10-11)13-2/h3-4,14H,1,5-6H2,2H3. The Morgan fingerprint density at radius 1 is 1.71 bits per heavy atom. The summed E-state index contributed by atoms with van der Waals surface area (Å²) in [7, 11) is 1.50. The van der Waals surface area contributed by atoms with Gasteiger partial charge in [-0.25, -0.2) is 4.68 Å². The van der Waals surface area contributed by atoms with Crippen molar-refractivity contribution >= 4 is 12.6 Å². The topological polar surface area (TPSA) is 44.1 Å². The van der Waals surface area contributed by atoms with E-state index in [0.717, 1.165) is 5.57 Å². The Labute approximate surface area is 87.6 Å². The highest BCUT2D eigenvalue weighted by Gasteiger charge is 2.01. The molecule has 0 aromatic carbocycles. The lowest BCUT2D eigenvalue weighted by Gasteiger charge is -2.06. The molecular formula is C9H12N2O2S. The van der Waals surface area contributed by atoms with Crippen LogP contribution < -0.4 is 10.3 Å². The van der Waals surface area contributed by atoms with E-state index in [9.17, 15) is 4.79 Å². The number of nitrogens with zero attached hydrogens (tertiary/aromatic N) is 2. The van der Waals surface area contributed by atoms with Crippen LogP contribution in [0.5, 0.6) is 5.88 Å². The summed E-state index contributed by atoms with van der Waals surface area (Å²) in [5.74, 6) is 0.947. The molecule has 0 bridgehead atoms. The molecule has 0 aliphatic heterocycles. The Balaban J connectivity index is 2.95. The van der Waals surface area contributed by atoms with Crippen molar-refractivity contribution in [2.45, 2.75) is 6.54 Å². The molecule has 0 aliphatic rings. The molecular weight excluding hydrogens is 200 g/mol. The maximum absolute atomic E-state index is 11.3. The first-order valence-corrected chi connectivity index (χ1v) is 4.70. The summed E-state index contributed by atoms with van der Waals surface area (Å²) >= 11 is 4.05. The molecule has 1 aromatic rings. The van der Waals surface area contributed by atoms with Crippen LogP contribution in [0.2, 0.25) is 0 Å². The van der Waals surface area contributed by atoms with Crippen LogP contribution in [0.3, 0.4) is 0 Å². The summed E-state index contributed by atoms with van der Waals surface area (Å²) in [6.45, 7) is 4.12. The van der Waals surface area contributed by atoms with Gasteiger partial charge in [-0.05, 0) is 5.57 Å². The second kappa shape index (κ2) is 4.85. The van der Waals surface area contributed by atoms with Gasteiger partial charge >= 0.3 is 0 Å². The van der Waals surface area contributed by atoms with Gasteiger partial charge in [0.2, 0.25) is 5.88 Å². The van der Waals surface area contributed by atoms with Gasteiger partial charge in [0.25, 0.3) is 5.56 Å². The number of aromatic nitrogens is 2. The molecule has 0 saturated heterocycles. The van der Waals surface area contributed by atoms with Crippen LogP contribution in [-0.2, 0) is 6.54 Å². The van der Waals surface area contributed by atoms with E-state index in [-0.39, 0.29) is 5.56 Å². The zero-order chi connectivity index (χ0) is 10.6. The van der Waals surface area contributed by atoms with Gasteiger partial charge in [0.05, 0.1) is 13.7 Å². The van der Waals surface area contributed by atoms with E-state index in [1.165, 1.54) is 23.9 Å². The normalized spacial score (nSPS) is 9.86. The lowest BCUT2D eigenvalue weighted by Crippen LogP contribution is -2.23. The molecule has 1 aromatic heterocycles. The van der Waals surface area contributed by atoms with Crippen molar-refractivity contribution in [1.82, 2.24) is 9.78 Å². The Hall–Kier alpha value is -1.23. The molecule has 0 N–H and O–H groups in total. The number of thiol groups is 1. The second-order valence-electron chi connectivity index (χ2n) is 2.78. The Morgan fingerprint density at radius 2 is 2.43 bits per heavy atom. The fraction of sp³-hybridized carbons (Fsp3) is 0.333. The first kappa shape index (κ1) is 10.8. The van der Waals surface area contributed by atoms with E-state index in [4.69, 9.17) is 4.74 Å². The minimum Gasteiger partial charge on any atom is -0.480 e. The van der Waals surface area contributed by atoms with Crippen molar-refractivity contribution in [1.29, 1.82) is 0 Å². The summed E-state index contributed by atoms with van der Waals surface area (Å²) in [5, 5.41) is 3.97. The zero-order valence-corrected chi connectivity index (χ0v) is 8.83. The smallest absolute Gasteiger partial charge is 0.267 e. The van der Waals surface area contributed by atoms with E-state index in [1.54, 1.807) is 0 Å². The molecule has 0 radical (unpaired) electrons. The van der Waals surface area contributed by atoms with Crippen molar-refractivity contribution in [2.75, 3.05) is 12.9 Å². The summed E-state index contributed by atoms with van der Waals surface area (Å²) in [6.07, 6.45) is 0. The van der Waals surface area contributed by atoms with Gasteiger partial charge in [-0.2, -0.15) is 12.6 Å². The molecule has 0 aliphatic carbocycles. The van der Waals surface area contributed by atoms with E-state index in [0.29, 0.717) is 18.2 Å². The highest BCUT2D eigenvalue weighted by Crippen LogP contribution is 2.01. The van der Waals surface area contributed by atoms with E-state index < -0.39 is 0 Å². The van der Waals surface area contributed by atoms with E-state index in [2.05, 4.69) is 24.3 Å². The first-order valence-electron chi connectivity index (χ1n) is 4.07. The van der Waals surface area contributed by atoms with Crippen LogP contribution >= 0.6 is 12.6 Å². The fourth-order valence-corrected chi connectivity index (χ4v) is 1.01. The molecule has 0 atom stereocenters. The van der Waals surface area contributed by atoms with Gasteiger partial charge in [0.1, 0.15) is 0 Å². The fourth-order valence-electron chi connectivity index (χ4n) is 0.914. The molecule has 1 rings (SSSR count). The predicted molar refractivity (Wildman–Crippen MR) is 58.0 cm³/mol. The minimum atomic E-state index is -0.172. The number of hydrogen-bond donors (Lipinski definition) is 1. The SMILES string of the molecule is C=C(CS)Cn1nc(OC)ccc1=O. The molecule has 76 valence electrons. The van der Waals surface area contributed by atoms with Crippen molar-refractivity contribution < 1.29 is 4.74 Å². The van der Waals surface area contributed by atoms with Gasteiger partial charge in [0, 0.05) is 17.9 Å². The number of rotatable bonds is 4. The zero-order valence-electron chi connectivity index (χ0n) is 7.93. The molecule has 0 unspecified atom stereocenters. The van der Waals surface area contributed by atoms with Gasteiger partial charge in [-0.3, -0.25) is 4.79 Å². The molecule has 4 nitrogen and oxygen atoms in total. The lowest BCUT2D eigenvalue weighted by molar-refractivity contribution is 0.378. The maximum atomic E-state index is 11.3. The molecule has 0 saturated carbocycles. The third-order valence-electron chi connectivity index (χ3n) is 1.65. The highest BCUT2D eigenvalue weighted by molar-refractivity contribution is 7.80. The lowest BCUT2D eigenvalue weighted by atomic mass is 10.3. The largest absolute Gasteiger partial charge is 0.480 e. The Morgan fingerprint density at radius 3 is 3.00 bits per heavy atom. The van der Waals surface area contributed by atoms with Gasteiger partial charge in [0.15, 0.2) is 0 Å². The first-order chi connectivity index (χ1) is 6.67. The average molecular weight is 212 g/mol. The quantitative estimate of drug-likeness (QED) is 0.591. The van der Waals surface area contributed by atoms with Crippen LogP contribution in [0.25, 0.3) is 0 Å². The van der Waals surface area contributed by atoms with E-state index >= 15 is 0 Å². The number of ether oxygens (including phenoxy) is 1. The monoisotopic (exact) mass is 212 g/mol. The van der Waals surface area contributed by atoms with Crippen molar-refractivity contribution in [3.8, 4) is 5.88 Å². The van der Waals surface area contributed by atoms with Crippen LogP contribution in [0, 0.1) is 0 Å². The van der Waals surface area contributed by atoms with Crippen LogP contribution in [0.4, 0.5) is 0 Å². The van der Waals surface area contributed by atoms with Crippen molar-refractivity contribution in [2.24, 2.45) is 0 Å². The summed E-state index contributed by atoms with van der Waals surface area (Å²) in [5.41, 5.74) is 0.657. The molecule has 0 amide bonds. The molecule has 0 fully saturated rings. The maximum Gasteiger partial charge on any atom is 0.267 e. The third-order valence-corrected chi connectivity index (χ3v) is 2.10. The number of hydrogen-bond acceptors (Lipinski definition) is 4. The van der Waals surface area contributed by atoms with Crippen molar-refractivity contribution in [3.05, 3.63) is 34.6 Å². The molecule has 14 heavy (non-hydrogen) atoms. The van der Waals surface area contributed by atoms with Gasteiger partial charge in [-0.15, -0.1) is 5.10 Å². The van der Waals surface area contributed by atoms with Crippen molar-refractivity contribution in [3.63, 3.8) is 0 Å². The summed E-state index contributed by atoms with van der Waals surface area (Å²) in [4.78, 5) is 11.3. The second-order valence-corrected chi connectivity index (χ2v) is 3.10. The highest BCUT2D eigenvalue weighted by atomic mass is 32.1. The average Bonchev–Trinajstić information content (AvgIpc) is 2.21. The number of methoxy groups -OCH3 is 1. The van der Waals surface area contributed by atoms with Crippen LogP contribution in [0.15, 0.2) is 29.1 Å². The van der Waals surface area contributed by atoms with Gasteiger partial charge in [-0.1, -0.05) is 6.58 Å². The summed E-state index contributed by atoms with van der Waals surface area (Å²) in [6, 6.07) is 2.94. The van der Waals surface area contributed by atoms with Crippen LogP contribution in [0.1, 0.15) is 0 Å². The minimum absolute atomic E-state index is 0.172. The molecule has 1 heterocycles. The van der Waals surface area contributed by atoms with E-state index in [1.807, 2.05) is 0 Å². The predicted octanol–water partition coefficient (Wildman–Crippen LogP) is 0.738. The molecule has 0 spiro atoms. The summed E-state index contributed by atoms with van der Waals surface area (Å²) < 4.78 is 6.21. The molecule has 5 heteroatoms. The van der Waals surface area contributed by atoms with Gasteiger partial charge < -0.3 is 4.74 Å². The third kappa shape index (κ3) is 2.63. The Bertz CT molecular complexity index is 387. The van der Waals surface area contributed by atoms with Crippen LogP contribution in [-0.4, -0.2) is 22.6 Å². The Kier molecular flexibility index (Phi) is 3.76.